The molecule has 0 spiro atoms. The highest BCUT2D eigenvalue weighted by Gasteiger charge is 2.38. The van der Waals surface area contributed by atoms with E-state index in [-0.39, 0.29) is 5.91 Å². The predicted octanol–water partition coefficient (Wildman–Crippen LogP) is 3.51. The average molecular weight is 484 g/mol. The maximum atomic E-state index is 13.9. The Kier molecular flexibility index (Phi) is 6.58. The summed E-state index contributed by atoms with van der Waals surface area (Å²) in [6.07, 6.45) is -1.20. The van der Waals surface area contributed by atoms with Crippen molar-refractivity contribution in [3.8, 4) is 17.2 Å². The Morgan fingerprint density at radius 3 is 2.65 bits per heavy atom. The van der Waals surface area contributed by atoms with Gasteiger partial charge in [0.1, 0.15) is 17.4 Å². The number of aryl methyl sites for hydroxylation is 1. The number of aromatic nitrogens is 1. The highest BCUT2D eigenvalue weighted by molar-refractivity contribution is 7.22. The number of rotatable bonds is 6. The Bertz CT molecular complexity index is 1180. The lowest BCUT2D eigenvalue weighted by molar-refractivity contribution is -0.130. The van der Waals surface area contributed by atoms with Gasteiger partial charge < -0.3 is 18.9 Å². The summed E-state index contributed by atoms with van der Waals surface area (Å²) in [6, 6.07) is 11.4. The van der Waals surface area contributed by atoms with Gasteiger partial charge in [0.2, 0.25) is 6.10 Å². The van der Waals surface area contributed by atoms with Gasteiger partial charge in [-0.2, -0.15) is 0 Å². The molecular weight excluding hydrogens is 454 g/mol. The van der Waals surface area contributed by atoms with Crippen LogP contribution in [0, 0.1) is 6.92 Å². The number of nitrogens with zero attached hydrogens (tertiary/aromatic N) is 3. The minimum absolute atomic E-state index is 0.161. The summed E-state index contributed by atoms with van der Waals surface area (Å²) in [5.41, 5.74) is 1.87. The van der Waals surface area contributed by atoms with Crippen molar-refractivity contribution in [1.82, 2.24) is 9.88 Å². The van der Waals surface area contributed by atoms with Crippen molar-refractivity contribution in [2.24, 2.45) is 0 Å². The van der Waals surface area contributed by atoms with E-state index in [9.17, 15) is 4.79 Å². The van der Waals surface area contributed by atoms with Crippen LogP contribution < -0.4 is 19.1 Å². The van der Waals surface area contributed by atoms with Crippen molar-refractivity contribution in [2.75, 3.05) is 51.4 Å². The van der Waals surface area contributed by atoms with Crippen LogP contribution in [0.15, 0.2) is 36.4 Å². The molecular formula is C25H29N3O5S. The number of methoxy groups -OCH3 is 1. The van der Waals surface area contributed by atoms with E-state index in [1.54, 1.807) is 12.0 Å². The Morgan fingerprint density at radius 1 is 1.18 bits per heavy atom. The summed E-state index contributed by atoms with van der Waals surface area (Å²) in [7, 11) is 1.64. The molecule has 3 heterocycles. The van der Waals surface area contributed by atoms with Gasteiger partial charge in [0, 0.05) is 26.2 Å². The number of morpholine rings is 1. The molecule has 5 rings (SSSR count). The molecule has 1 saturated heterocycles. The van der Waals surface area contributed by atoms with E-state index in [0.29, 0.717) is 42.1 Å². The molecule has 0 bridgehead atoms. The molecule has 1 amide bonds. The van der Waals surface area contributed by atoms with Crippen LogP contribution in [0.25, 0.3) is 10.2 Å². The first-order chi connectivity index (χ1) is 16.5. The minimum atomic E-state index is -0.769. The number of carbonyl (C=O) groups excluding carboxylic acids is 1. The number of amides is 1. The fraction of sp³-hybridized carbons (Fsp3) is 0.440. The molecule has 180 valence electrons. The molecule has 0 unspecified atom stereocenters. The summed E-state index contributed by atoms with van der Waals surface area (Å²) in [5, 5.41) is 0.635. The van der Waals surface area contributed by atoms with E-state index in [1.165, 1.54) is 11.3 Å². The third-order valence-electron chi connectivity index (χ3n) is 6.24. The van der Waals surface area contributed by atoms with Crippen LogP contribution in [0.5, 0.6) is 17.2 Å². The fourth-order valence-corrected chi connectivity index (χ4v) is 5.37. The largest absolute Gasteiger partial charge is 0.494 e. The lowest BCUT2D eigenvalue weighted by Crippen LogP contribution is -2.52. The lowest BCUT2D eigenvalue weighted by atomic mass is 10.1. The molecule has 2 atom stereocenters. The van der Waals surface area contributed by atoms with Crippen LogP contribution in [0.1, 0.15) is 12.5 Å². The van der Waals surface area contributed by atoms with Crippen molar-refractivity contribution in [3.05, 3.63) is 42.0 Å². The molecule has 0 N–H and O–H groups in total. The van der Waals surface area contributed by atoms with Gasteiger partial charge in [-0.25, -0.2) is 4.98 Å². The minimum Gasteiger partial charge on any atom is -0.494 e. The van der Waals surface area contributed by atoms with E-state index < -0.39 is 12.2 Å². The molecule has 34 heavy (non-hydrogen) atoms. The van der Waals surface area contributed by atoms with E-state index in [1.807, 2.05) is 50.2 Å². The molecule has 9 heteroatoms. The monoisotopic (exact) mass is 483 g/mol. The molecule has 2 aromatic carbocycles. The number of ether oxygens (including phenoxy) is 4. The van der Waals surface area contributed by atoms with Gasteiger partial charge in [0.15, 0.2) is 16.6 Å². The molecule has 8 nitrogen and oxygen atoms in total. The summed E-state index contributed by atoms with van der Waals surface area (Å²) >= 11 is 1.50. The highest BCUT2D eigenvalue weighted by Crippen LogP contribution is 2.38. The van der Waals surface area contributed by atoms with Crippen molar-refractivity contribution in [2.45, 2.75) is 26.1 Å². The van der Waals surface area contributed by atoms with Crippen molar-refractivity contribution < 1.29 is 23.7 Å². The topological polar surface area (TPSA) is 73.4 Å². The quantitative estimate of drug-likeness (QED) is 0.531. The molecule has 0 radical (unpaired) electrons. The summed E-state index contributed by atoms with van der Waals surface area (Å²) in [4.78, 5) is 22.8. The van der Waals surface area contributed by atoms with E-state index in [4.69, 9.17) is 23.9 Å². The Morgan fingerprint density at radius 2 is 1.91 bits per heavy atom. The van der Waals surface area contributed by atoms with Gasteiger partial charge in [-0.15, -0.1) is 0 Å². The second-order valence-corrected chi connectivity index (χ2v) is 9.49. The zero-order valence-electron chi connectivity index (χ0n) is 19.7. The summed E-state index contributed by atoms with van der Waals surface area (Å²) in [6.45, 7) is 8.24. The van der Waals surface area contributed by atoms with Gasteiger partial charge in [-0.1, -0.05) is 29.5 Å². The van der Waals surface area contributed by atoms with Crippen LogP contribution in [0.4, 0.5) is 5.13 Å². The molecule has 1 aromatic heterocycles. The van der Waals surface area contributed by atoms with Gasteiger partial charge in [-0.3, -0.25) is 14.6 Å². The molecule has 0 aliphatic carbocycles. The third-order valence-corrected chi connectivity index (χ3v) is 7.45. The number of para-hydroxylation sites is 2. The Hall–Kier alpha value is -2.88. The first-order valence-corrected chi connectivity index (χ1v) is 12.3. The Balaban J connectivity index is 1.47. The molecule has 2 aliphatic rings. The van der Waals surface area contributed by atoms with Crippen molar-refractivity contribution >= 4 is 32.6 Å². The molecule has 2 aliphatic heterocycles. The Labute approximate surface area is 203 Å². The van der Waals surface area contributed by atoms with Crippen LogP contribution in [0.2, 0.25) is 0 Å². The fourth-order valence-electron chi connectivity index (χ4n) is 4.29. The van der Waals surface area contributed by atoms with Gasteiger partial charge in [0.25, 0.3) is 5.91 Å². The maximum Gasteiger partial charge on any atom is 0.273 e. The third kappa shape index (κ3) is 4.43. The zero-order chi connectivity index (χ0) is 23.7. The number of benzene rings is 2. The standard InChI is InChI=1S/C25H29N3O5S/c1-16-8-9-20(30-3)21-23(16)34-25(26-21)28(11-10-27-12-14-31-15-13-27)24(29)22-17(2)32-18-6-4-5-7-19(18)33-22/h4-9,17,22H,10-15H2,1-3H3/t17-,22+/m0/s1. The van der Waals surface area contributed by atoms with Crippen LogP contribution in [-0.2, 0) is 9.53 Å². The molecule has 1 fully saturated rings. The number of thiazole rings is 1. The molecule has 3 aromatic rings. The summed E-state index contributed by atoms with van der Waals surface area (Å²) < 4.78 is 24.2. The van der Waals surface area contributed by atoms with Crippen LogP contribution >= 0.6 is 11.3 Å². The number of hydrogen-bond acceptors (Lipinski definition) is 8. The number of fused-ring (bicyclic) bond motifs is 2. The van der Waals surface area contributed by atoms with Crippen LogP contribution in [0.3, 0.4) is 0 Å². The zero-order valence-corrected chi connectivity index (χ0v) is 20.5. The normalized spacial score (nSPS) is 20.3. The van der Waals surface area contributed by atoms with Gasteiger partial charge in [-0.05, 0) is 37.6 Å². The van der Waals surface area contributed by atoms with Gasteiger partial charge >= 0.3 is 0 Å². The maximum absolute atomic E-state index is 13.9. The predicted molar refractivity (Wildman–Crippen MR) is 131 cm³/mol. The van der Waals surface area contributed by atoms with E-state index in [2.05, 4.69) is 4.90 Å². The van der Waals surface area contributed by atoms with Gasteiger partial charge in [0.05, 0.1) is 25.0 Å². The van der Waals surface area contributed by atoms with Crippen molar-refractivity contribution in [3.63, 3.8) is 0 Å². The second-order valence-electron chi connectivity index (χ2n) is 8.51. The first-order valence-electron chi connectivity index (χ1n) is 11.5. The number of carbonyl (C=O) groups is 1. The number of hydrogen-bond donors (Lipinski definition) is 0. The van der Waals surface area contributed by atoms with E-state index >= 15 is 0 Å². The van der Waals surface area contributed by atoms with Crippen LogP contribution in [-0.4, -0.2) is 74.5 Å². The smallest absolute Gasteiger partial charge is 0.273 e. The summed E-state index contributed by atoms with van der Waals surface area (Å²) in [5.74, 6) is 1.77. The van der Waals surface area contributed by atoms with Crippen molar-refractivity contribution in [1.29, 1.82) is 0 Å². The van der Waals surface area contributed by atoms with E-state index in [0.717, 1.165) is 35.4 Å². The second kappa shape index (κ2) is 9.77. The molecule has 0 saturated carbocycles. The SMILES string of the molecule is COc1ccc(C)c2sc(N(CCN3CCOCC3)C(=O)[C@@H]3Oc4ccccc4O[C@H]3C)nc12. The average Bonchev–Trinajstić information content (AvgIpc) is 3.30. The highest BCUT2D eigenvalue weighted by atomic mass is 32.1. The first kappa shape index (κ1) is 22.9. The lowest BCUT2D eigenvalue weighted by Gasteiger charge is -2.34. The number of anilines is 1.